The van der Waals surface area contributed by atoms with Gasteiger partial charge in [-0.05, 0) is 47.8 Å². The highest BCUT2D eigenvalue weighted by atomic mass is 32.2. The Bertz CT molecular complexity index is 1960. The molecule has 3 aliphatic rings. The molecule has 188 valence electrons. The van der Waals surface area contributed by atoms with E-state index in [9.17, 15) is 0 Å². The Balaban J connectivity index is 1.56. The van der Waals surface area contributed by atoms with Crippen molar-refractivity contribution in [3.05, 3.63) is 143 Å². The largest absolute Gasteiger partial charge is 0.398 e. The van der Waals surface area contributed by atoms with E-state index in [2.05, 4.69) is 95.7 Å². The highest BCUT2D eigenvalue weighted by Gasteiger charge is 2.40. The smallest absolute Gasteiger partial charge is 0.100 e. The zero-order valence-corrected chi connectivity index (χ0v) is 22.2. The standard InChI is InChI=1S/C35H27N3S/c36-28-19-9-6-16-25(28)33(22-12-2-1-3-13-22)37-38-29-20-10-7-17-26(29)31-32-27-18-8-11-21-30(27)39-35(32)24-15-5-4-14-23(24)34(31)38/h1-4,6-14,16-21,24,35H,5,15,36H2. The van der Waals surface area contributed by atoms with E-state index in [0.717, 1.165) is 40.9 Å². The Kier molecular flexibility index (Phi) is 5.17. The van der Waals surface area contributed by atoms with Crippen molar-refractivity contribution in [2.24, 2.45) is 11.0 Å². The molecule has 5 aromatic rings. The van der Waals surface area contributed by atoms with Crippen LogP contribution in [0.2, 0.25) is 0 Å². The van der Waals surface area contributed by atoms with Crippen LogP contribution in [-0.2, 0) is 0 Å². The lowest BCUT2D eigenvalue weighted by Crippen LogP contribution is -2.42. The fourth-order valence-corrected chi connectivity index (χ4v) is 8.12. The number of fused-ring (bicyclic) bond motifs is 8. The quantitative estimate of drug-likeness (QED) is 0.223. The number of rotatable bonds is 3. The number of anilines is 1. The molecule has 0 radical (unpaired) electrons. The first kappa shape index (κ1) is 22.7. The van der Waals surface area contributed by atoms with Gasteiger partial charge in [0.15, 0.2) is 0 Å². The molecule has 0 bridgehead atoms. The number of nitrogens with zero attached hydrogens (tertiary/aromatic N) is 2. The molecule has 1 aromatic heterocycles. The lowest BCUT2D eigenvalue weighted by molar-refractivity contribution is 0.619. The molecule has 0 amide bonds. The minimum absolute atomic E-state index is 0.427. The van der Waals surface area contributed by atoms with Crippen LogP contribution in [0.15, 0.2) is 125 Å². The molecule has 39 heavy (non-hydrogen) atoms. The minimum atomic E-state index is 0.427. The number of allylic oxidation sites excluding steroid dienone is 2. The summed E-state index contributed by atoms with van der Waals surface area (Å²) >= 11 is 2.04. The van der Waals surface area contributed by atoms with Crippen LogP contribution in [0.25, 0.3) is 22.0 Å². The van der Waals surface area contributed by atoms with E-state index < -0.39 is 0 Å². The number of benzene rings is 4. The third-order valence-corrected chi connectivity index (χ3v) is 9.71. The van der Waals surface area contributed by atoms with Crippen LogP contribution in [0.1, 0.15) is 29.5 Å². The summed E-state index contributed by atoms with van der Waals surface area (Å²) in [5.74, 6) is 0.454. The van der Waals surface area contributed by atoms with Gasteiger partial charge in [-0.3, -0.25) is 0 Å². The Morgan fingerprint density at radius 2 is 1.62 bits per heavy atom. The van der Waals surface area contributed by atoms with E-state index in [1.807, 2.05) is 36.0 Å². The third kappa shape index (κ3) is 3.41. The first-order valence-electron chi connectivity index (χ1n) is 13.6. The van der Waals surface area contributed by atoms with Crippen LogP contribution in [0.3, 0.4) is 0 Å². The fraction of sp³-hybridized carbons (Fsp3) is 0.114. The van der Waals surface area contributed by atoms with Crippen molar-refractivity contribution in [1.29, 1.82) is 0 Å². The molecule has 2 N–H and O–H groups in total. The number of nitrogens with two attached hydrogens (primary N) is 1. The zero-order chi connectivity index (χ0) is 25.9. The molecule has 3 nitrogen and oxygen atoms in total. The summed E-state index contributed by atoms with van der Waals surface area (Å²) in [6, 6.07) is 36.1. The molecule has 4 heteroatoms. The van der Waals surface area contributed by atoms with E-state index in [1.54, 1.807) is 0 Å². The molecule has 0 fully saturated rings. The first-order chi connectivity index (χ1) is 19.3. The summed E-state index contributed by atoms with van der Waals surface area (Å²) in [4.78, 5) is 1.39. The van der Waals surface area contributed by atoms with Gasteiger partial charge in [-0.25, -0.2) is 4.68 Å². The Hall–Kier alpha value is -4.28. The molecular weight excluding hydrogens is 494 g/mol. The van der Waals surface area contributed by atoms with Gasteiger partial charge in [-0.15, -0.1) is 11.8 Å². The van der Waals surface area contributed by atoms with Gasteiger partial charge in [0, 0.05) is 43.5 Å². The normalized spacial score (nSPS) is 19.5. The van der Waals surface area contributed by atoms with Gasteiger partial charge in [-0.2, -0.15) is 5.10 Å². The number of para-hydroxylation sites is 2. The Labute approximate surface area is 231 Å². The van der Waals surface area contributed by atoms with Crippen molar-refractivity contribution in [1.82, 2.24) is 4.68 Å². The maximum atomic E-state index is 6.55. The maximum Gasteiger partial charge on any atom is 0.100 e. The van der Waals surface area contributed by atoms with E-state index in [-0.39, 0.29) is 0 Å². The number of aromatic nitrogens is 1. The zero-order valence-electron chi connectivity index (χ0n) is 21.4. The number of hydrogen-bond donors (Lipinski definition) is 1. The summed E-state index contributed by atoms with van der Waals surface area (Å²) < 4.78 is 2.21. The summed E-state index contributed by atoms with van der Waals surface area (Å²) in [5.41, 5.74) is 15.5. The fourth-order valence-electron chi connectivity index (χ4n) is 6.58. The molecule has 2 aliphatic carbocycles. The van der Waals surface area contributed by atoms with Crippen LogP contribution < -0.4 is 16.3 Å². The van der Waals surface area contributed by atoms with Crippen molar-refractivity contribution in [2.45, 2.75) is 23.0 Å². The van der Waals surface area contributed by atoms with Crippen LogP contribution in [0.4, 0.5) is 5.69 Å². The third-order valence-electron chi connectivity index (χ3n) is 8.28. The molecule has 2 heterocycles. The highest BCUT2D eigenvalue weighted by molar-refractivity contribution is 8.01. The van der Waals surface area contributed by atoms with Crippen molar-refractivity contribution in [3.8, 4) is 0 Å². The van der Waals surface area contributed by atoms with E-state index in [4.69, 9.17) is 10.8 Å². The van der Waals surface area contributed by atoms with Gasteiger partial charge in [0.25, 0.3) is 0 Å². The van der Waals surface area contributed by atoms with Crippen LogP contribution in [-0.4, -0.2) is 15.6 Å². The summed E-state index contributed by atoms with van der Waals surface area (Å²) in [5, 5.41) is 9.75. The second-order valence-electron chi connectivity index (χ2n) is 10.4. The van der Waals surface area contributed by atoms with E-state index in [0.29, 0.717) is 11.2 Å². The van der Waals surface area contributed by atoms with Crippen LogP contribution >= 0.6 is 11.8 Å². The minimum Gasteiger partial charge on any atom is -0.398 e. The van der Waals surface area contributed by atoms with Crippen molar-refractivity contribution in [2.75, 3.05) is 5.73 Å². The average Bonchev–Trinajstić information content (AvgIpc) is 3.53. The van der Waals surface area contributed by atoms with Gasteiger partial charge in [0.2, 0.25) is 0 Å². The molecule has 0 saturated heterocycles. The molecule has 0 spiro atoms. The average molecular weight is 522 g/mol. The summed E-state index contributed by atoms with van der Waals surface area (Å²) in [6.07, 6.45) is 6.98. The van der Waals surface area contributed by atoms with Gasteiger partial charge in [-0.1, -0.05) is 97.1 Å². The molecule has 2 atom stereocenters. The van der Waals surface area contributed by atoms with E-state index in [1.165, 1.54) is 37.6 Å². The van der Waals surface area contributed by atoms with Crippen LogP contribution in [0, 0.1) is 5.92 Å². The number of nitrogen functional groups attached to an aromatic ring is 1. The predicted octanol–water partition coefficient (Wildman–Crippen LogP) is 6.33. The topological polar surface area (TPSA) is 43.3 Å². The van der Waals surface area contributed by atoms with Gasteiger partial charge in [0.1, 0.15) is 5.71 Å². The maximum absolute atomic E-state index is 6.55. The Morgan fingerprint density at radius 1 is 0.846 bits per heavy atom. The summed E-state index contributed by atoms with van der Waals surface area (Å²) in [6.45, 7) is 0. The summed E-state index contributed by atoms with van der Waals surface area (Å²) in [7, 11) is 0. The lowest BCUT2D eigenvalue weighted by Gasteiger charge is -2.30. The van der Waals surface area contributed by atoms with Crippen molar-refractivity contribution < 1.29 is 0 Å². The Morgan fingerprint density at radius 3 is 2.51 bits per heavy atom. The number of hydrogen-bond acceptors (Lipinski definition) is 3. The molecular formula is C35H27N3S. The predicted molar refractivity (Wildman–Crippen MR) is 163 cm³/mol. The van der Waals surface area contributed by atoms with Gasteiger partial charge in [0.05, 0.1) is 10.9 Å². The van der Waals surface area contributed by atoms with E-state index >= 15 is 0 Å². The van der Waals surface area contributed by atoms with Gasteiger partial charge >= 0.3 is 0 Å². The molecule has 2 unspecified atom stereocenters. The second-order valence-corrected chi connectivity index (χ2v) is 11.6. The van der Waals surface area contributed by atoms with Crippen molar-refractivity contribution in [3.63, 3.8) is 0 Å². The SMILES string of the molecule is Nc1ccccc1C(=Nn1c2c(c3ccccc31)=C1c3ccccc3SC1C1CCC=CC=21)c1ccccc1. The highest BCUT2D eigenvalue weighted by Crippen LogP contribution is 2.51. The first-order valence-corrected chi connectivity index (χ1v) is 14.5. The molecule has 0 saturated carbocycles. The van der Waals surface area contributed by atoms with Crippen molar-refractivity contribution >= 4 is 45.2 Å². The molecule has 4 aromatic carbocycles. The van der Waals surface area contributed by atoms with Crippen LogP contribution in [0.5, 0.6) is 0 Å². The number of thioether (sulfide) groups is 1. The lowest BCUT2D eigenvalue weighted by atomic mass is 9.78. The monoisotopic (exact) mass is 521 g/mol. The molecule has 8 rings (SSSR count). The van der Waals surface area contributed by atoms with Gasteiger partial charge < -0.3 is 5.73 Å². The molecule has 1 aliphatic heterocycles. The second kappa shape index (κ2) is 8.89.